The Morgan fingerprint density at radius 2 is 2.15 bits per heavy atom. The van der Waals surface area contributed by atoms with Crippen LogP contribution >= 0.6 is 0 Å². The van der Waals surface area contributed by atoms with Crippen LogP contribution in [0.1, 0.15) is 5.56 Å². The van der Waals surface area contributed by atoms with Crippen LogP contribution in [-0.4, -0.2) is 7.11 Å². The quantitative estimate of drug-likeness (QED) is 0.519. The van der Waals surface area contributed by atoms with Gasteiger partial charge in [-0.05, 0) is 5.56 Å². The summed E-state index contributed by atoms with van der Waals surface area (Å²) in [5.41, 5.74) is 1.75. The van der Waals surface area contributed by atoms with Crippen molar-refractivity contribution in [1.29, 1.82) is 5.26 Å². The summed E-state index contributed by atoms with van der Waals surface area (Å²) < 4.78 is 4.78. The van der Waals surface area contributed by atoms with Gasteiger partial charge in [0, 0.05) is 6.42 Å². The Bertz CT molecular complexity index is 322. The Hall–Kier alpha value is -1.75. The van der Waals surface area contributed by atoms with E-state index in [9.17, 15) is 0 Å². The van der Waals surface area contributed by atoms with Crippen molar-refractivity contribution in [1.82, 2.24) is 0 Å². The third kappa shape index (κ3) is 3.00. The first-order valence-electron chi connectivity index (χ1n) is 4.02. The zero-order chi connectivity index (χ0) is 9.52. The number of methoxy groups -OCH3 is 1. The number of rotatable bonds is 3. The molecule has 0 fully saturated rings. The number of nitriles is 1. The topological polar surface area (TPSA) is 33.0 Å². The third-order valence-corrected chi connectivity index (χ3v) is 1.64. The molecule has 0 aliphatic carbocycles. The van der Waals surface area contributed by atoms with Crippen molar-refractivity contribution in [2.24, 2.45) is 0 Å². The van der Waals surface area contributed by atoms with E-state index in [1.807, 2.05) is 30.3 Å². The summed E-state index contributed by atoms with van der Waals surface area (Å²) in [5.74, 6) is 0. The number of hydrogen-bond donors (Lipinski definition) is 0. The lowest BCUT2D eigenvalue weighted by Crippen LogP contribution is -1.88. The molecule has 2 heteroatoms. The van der Waals surface area contributed by atoms with E-state index in [-0.39, 0.29) is 0 Å². The molecular weight excluding hydrogens is 162 g/mol. The van der Waals surface area contributed by atoms with Crippen molar-refractivity contribution in [3.05, 3.63) is 47.7 Å². The predicted octanol–water partition coefficient (Wildman–Crippen LogP) is 2.28. The minimum absolute atomic E-state index is 0.630. The van der Waals surface area contributed by atoms with Crippen molar-refractivity contribution < 1.29 is 4.74 Å². The van der Waals surface area contributed by atoms with Crippen molar-refractivity contribution in [3.63, 3.8) is 0 Å². The summed E-state index contributed by atoms with van der Waals surface area (Å²) in [5, 5.41) is 8.72. The molecule has 1 aromatic carbocycles. The molecule has 1 rings (SSSR count). The highest BCUT2D eigenvalue weighted by molar-refractivity contribution is 5.28. The lowest BCUT2D eigenvalue weighted by Gasteiger charge is -1.98. The van der Waals surface area contributed by atoms with E-state index in [0.717, 1.165) is 5.56 Å². The first-order chi connectivity index (χ1) is 6.36. The lowest BCUT2D eigenvalue weighted by atomic mass is 10.1. The summed E-state index contributed by atoms with van der Waals surface area (Å²) in [6.45, 7) is 0. The Labute approximate surface area is 78.1 Å². The van der Waals surface area contributed by atoms with Gasteiger partial charge in [-0.25, -0.2) is 0 Å². The predicted molar refractivity (Wildman–Crippen MR) is 50.9 cm³/mol. The lowest BCUT2D eigenvalue weighted by molar-refractivity contribution is 0.334. The molecule has 0 aliphatic heterocycles. The Balaban J connectivity index is 2.69. The number of allylic oxidation sites excluding steroid dienone is 1. The Morgan fingerprint density at radius 3 is 2.69 bits per heavy atom. The number of ether oxygens (including phenoxy) is 1. The zero-order valence-corrected chi connectivity index (χ0v) is 7.53. The van der Waals surface area contributed by atoms with Crippen LogP contribution in [0.2, 0.25) is 0 Å². The van der Waals surface area contributed by atoms with E-state index in [1.165, 1.54) is 6.26 Å². The fourth-order valence-electron chi connectivity index (χ4n) is 1.07. The molecule has 0 N–H and O–H groups in total. The molecular formula is C11H11NO. The van der Waals surface area contributed by atoms with Gasteiger partial charge in [0.05, 0.1) is 25.0 Å². The normalized spacial score (nSPS) is 10.6. The second-order valence-corrected chi connectivity index (χ2v) is 2.65. The Morgan fingerprint density at radius 1 is 1.46 bits per heavy atom. The maximum Gasteiger partial charge on any atom is 0.0982 e. The monoisotopic (exact) mass is 173 g/mol. The van der Waals surface area contributed by atoms with Gasteiger partial charge in [-0.3, -0.25) is 0 Å². The first kappa shape index (κ1) is 9.34. The van der Waals surface area contributed by atoms with E-state index in [0.29, 0.717) is 12.0 Å². The largest absolute Gasteiger partial charge is 0.503 e. The highest BCUT2D eigenvalue weighted by Gasteiger charge is 1.97. The second-order valence-electron chi connectivity index (χ2n) is 2.65. The standard InChI is InChI=1S/C11H11NO/c1-13-9-11(8-12)7-10-5-3-2-4-6-10/h2-6,9H,7H2,1H3. The highest BCUT2D eigenvalue weighted by atomic mass is 16.5. The molecule has 13 heavy (non-hydrogen) atoms. The smallest absolute Gasteiger partial charge is 0.0982 e. The van der Waals surface area contributed by atoms with E-state index in [4.69, 9.17) is 10.00 Å². The van der Waals surface area contributed by atoms with Crippen molar-refractivity contribution in [3.8, 4) is 6.07 Å². The van der Waals surface area contributed by atoms with Crippen LogP contribution in [0, 0.1) is 11.3 Å². The average Bonchev–Trinajstić information content (AvgIpc) is 2.19. The molecule has 0 aromatic heterocycles. The van der Waals surface area contributed by atoms with Crippen molar-refractivity contribution in [2.75, 3.05) is 7.11 Å². The summed E-state index contributed by atoms with van der Waals surface area (Å²) in [6, 6.07) is 11.9. The van der Waals surface area contributed by atoms with Crippen LogP contribution in [0.3, 0.4) is 0 Å². The molecule has 0 heterocycles. The molecule has 2 nitrogen and oxygen atoms in total. The van der Waals surface area contributed by atoms with Gasteiger partial charge >= 0.3 is 0 Å². The molecule has 0 unspecified atom stereocenters. The van der Waals surface area contributed by atoms with E-state index < -0.39 is 0 Å². The molecule has 0 atom stereocenters. The fourth-order valence-corrected chi connectivity index (χ4v) is 1.07. The maximum atomic E-state index is 8.72. The molecule has 0 amide bonds. The van der Waals surface area contributed by atoms with Gasteiger partial charge in [0.1, 0.15) is 0 Å². The van der Waals surface area contributed by atoms with Crippen LogP contribution in [0.5, 0.6) is 0 Å². The molecule has 66 valence electrons. The summed E-state index contributed by atoms with van der Waals surface area (Å²) in [7, 11) is 1.54. The van der Waals surface area contributed by atoms with Crippen molar-refractivity contribution in [2.45, 2.75) is 6.42 Å². The van der Waals surface area contributed by atoms with Gasteiger partial charge < -0.3 is 4.74 Å². The van der Waals surface area contributed by atoms with Crippen LogP contribution in [0.4, 0.5) is 0 Å². The number of benzene rings is 1. The van der Waals surface area contributed by atoms with Crippen LogP contribution in [0.15, 0.2) is 42.2 Å². The molecule has 0 spiro atoms. The number of hydrogen-bond acceptors (Lipinski definition) is 2. The minimum Gasteiger partial charge on any atom is -0.503 e. The second kappa shape index (κ2) is 5.00. The third-order valence-electron chi connectivity index (χ3n) is 1.64. The van der Waals surface area contributed by atoms with Gasteiger partial charge in [0.25, 0.3) is 0 Å². The van der Waals surface area contributed by atoms with Crippen LogP contribution < -0.4 is 0 Å². The molecule has 0 saturated heterocycles. The molecule has 0 bridgehead atoms. The molecule has 1 aromatic rings. The van der Waals surface area contributed by atoms with E-state index in [2.05, 4.69) is 6.07 Å². The van der Waals surface area contributed by atoms with Gasteiger partial charge in [0.2, 0.25) is 0 Å². The van der Waals surface area contributed by atoms with Crippen molar-refractivity contribution >= 4 is 0 Å². The molecule has 0 aliphatic rings. The summed E-state index contributed by atoms with van der Waals surface area (Å²) in [4.78, 5) is 0. The SMILES string of the molecule is COC=C(C#N)Cc1ccccc1. The Kier molecular flexibility index (Phi) is 3.59. The average molecular weight is 173 g/mol. The highest BCUT2D eigenvalue weighted by Crippen LogP contribution is 2.06. The first-order valence-corrected chi connectivity index (χ1v) is 4.02. The van der Waals surface area contributed by atoms with E-state index in [1.54, 1.807) is 7.11 Å². The molecule has 0 saturated carbocycles. The summed E-state index contributed by atoms with van der Waals surface area (Å²) in [6.07, 6.45) is 2.11. The number of nitrogens with zero attached hydrogens (tertiary/aromatic N) is 1. The van der Waals surface area contributed by atoms with Crippen LogP contribution in [-0.2, 0) is 11.2 Å². The van der Waals surface area contributed by atoms with Gasteiger partial charge in [0.15, 0.2) is 0 Å². The fraction of sp³-hybridized carbons (Fsp3) is 0.182. The minimum atomic E-state index is 0.630. The van der Waals surface area contributed by atoms with Crippen LogP contribution in [0.25, 0.3) is 0 Å². The maximum absolute atomic E-state index is 8.72. The zero-order valence-electron chi connectivity index (χ0n) is 7.53. The van der Waals surface area contributed by atoms with Gasteiger partial charge in [-0.15, -0.1) is 0 Å². The van der Waals surface area contributed by atoms with E-state index >= 15 is 0 Å². The van der Waals surface area contributed by atoms with Gasteiger partial charge in [-0.1, -0.05) is 30.3 Å². The van der Waals surface area contributed by atoms with Gasteiger partial charge in [-0.2, -0.15) is 5.26 Å². The molecule has 0 radical (unpaired) electrons. The summed E-state index contributed by atoms with van der Waals surface area (Å²) >= 11 is 0.